The largest absolute Gasteiger partial charge is 0.459 e. The zero-order valence-electron chi connectivity index (χ0n) is 11.8. The zero-order valence-corrected chi connectivity index (χ0v) is 11.8. The number of para-hydroxylation sites is 1. The molecule has 0 saturated heterocycles. The summed E-state index contributed by atoms with van der Waals surface area (Å²) in [5.41, 5.74) is 2.17. The molecule has 2 aromatic rings. The number of hydrogen-bond donors (Lipinski definition) is 1. The fourth-order valence-corrected chi connectivity index (χ4v) is 2.88. The number of furan rings is 1. The Labute approximate surface area is 113 Å². The van der Waals surface area contributed by atoms with E-state index >= 15 is 0 Å². The van der Waals surface area contributed by atoms with Crippen LogP contribution >= 0.6 is 0 Å². The number of rotatable bonds is 5. The molecule has 1 aromatic carbocycles. The first-order chi connectivity index (χ1) is 9.24. The summed E-state index contributed by atoms with van der Waals surface area (Å²) in [5, 5.41) is 4.52. The highest BCUT2D eigenvalue weighted by atomic mass is 16.5. The Bertz CT molecular complexity index is 571. The van der Waals surface area contributed by atoms with E-state index in [4.69, 9.17) is 9.15 Å². The lowest BCUT2D eigenvalue weighted by atomic mass is 10.0. The van der Waals surface area contributed by atoms with E-state index in [0.717, 1.165) is 11.3 Å². The van der Waals surface area contributed by atoms with Crippen LogP contribution in [-0.4, -0.2) is 20.3 Å². The van der Waals surface area contributed by atoms with Gasteiger partial charge in [-0.05, 0) is 44.4 Å². The molecule has 2 unspecified atom stereocenters. The minimum absolute atomic E-state index is 0.129. The molecule has 1 N–H and O–H groups in total. The third kappa shape index (κ3) is 2.28. The molecular weight excluding hydrogens is 238 g/mol. The molecule has 1 saturated carbocycles. The van der Waals surface area contributed by atoms with E-state index < -0.39 is 0 Å². The first-order valence-corrected chi connectivity index (χ1v) is 6.93. The first kappa shape index (κ1) is 12.7. The Balaban J connectivity index is 1.98. The molecular formula is C16H21NO2. The second-order valence-electron chi connectivity index (χ2n) is 5.45. The van der Waals surface area contributed by atoms with Crippen molar-refractivity contribution in [1.29, 1.82) is 0 Å². The Hall–Kier alpha value is -1.32. The summed E-state index contributed by atoms with van der Waals surface area (Å²) >= 11 is 0. The van der Waals surface area contributed by atoms with Crippen LogP contribution in [0.4, 0.5) is 0 Å². The fraction of sp³-hybridized carbons (Fsp3) is 0.500. The highest BCUT2D eigenvalue weighted by Crippen LogP contribution is 2.40. The van der Waals surface area contributed by atoms with Gasteiger partial charge in [-0.25, -0.2) is 0 Å². The number of nitrogens with one attached hydrogen (secondary N) is 1. The van der Waals surface area contributed by atoms with Gasteiger partial charge >= 0.3 is 0 Å². The maximum Gasteiger partial charge on any atom is 0.137 e. The van der Waals surface area contributed by atoms with Gasteiger partial charge in [0.25, 0.3) is 0 Å². The van der Waals surface area contributed by atoms with Crippen molar-refractivity contribution in [1.82, 2.24) is 5.32 Å². The highest BCUT2D eigenvalue weighted by molar-refractivity contribution is 5.81. The molecule has 1 aliphatic rings. The normalized spacial score (nSPS) is 18.7. The second kappa shape index (κ2) is 4.99. The van der Waals surface area contributed by atoms with Gasteiger partial charge in [0.05, 0.1) is 12.1 Å². The number of hydrogen-bond acceptors (Lipinski definition) is 3. The van der Waals surface area contributed by atoms with Crippen LogP contribution in [0.1, 0.15) is 30.2 Å². The topological polar surface area (TPSA) is 34.4 Å². The summed E-state index contributed by atoms with van der Waals surface area (Å²) in [5.74, 6) is 1.64. The number of methoxy groups -OCH3 is 1. The molecule has 0 radical (unpaired) electrons. The molecule has 2 atom stereocenters. The second-order valence-corrected chi connectivity index (χ2v) is 5.45. The third-order valence-electron chi connectivity index (χ3n) is 4.06. The molecule has 1 fully saturated rings. The summed E-state index contributed by atoms with van der Waals surface area (Å²) in [4.78, 5) is 0. The van der Waals surface area contributed by atoms with E-state index in [2.05, 4.69) is 36.5 Å². The predicted octanol–water partition coefficient (Wildman–Crippen LogP) is 3.43. The maximum absolute atomic E-state index is 6.07. The summed E-state index contributed by atoms with van der Waals surface area (Å²) in [6.45, 7) is 2.08. The predicted molar refractivity (Wildman–Crippen MR) is 76.3 cm³/mol. The van der Waals surface area contributed by atoms with Crippen molar-refractivity contribution in [3.8, 4) is 0 Å². The molecule has 1 aromatic heterocycles. The van der Waals surface area contributed by atoms with Gasteiger partial charge in [-0.15, -0.1) is 0 Å². The number of likely N-dealkylation sites (N-methyl/N-ethyl adjacent to an activating group) is 1. The molecule has 3 rings (SSSR count). The molecule has 0 amide bonds. The van der Waals surface area contributed by atoms with Crippen LogP contribution in [0.2, 0.25) is 0 Å². The SMILES string of the molecule is CNC(c1cc2cccc(C)c2o1)C(OC)C1CC1. The van der Waals surface area contributed by atoms with Crippen molar-refractivity contribution >= 4 is 11.0 Å². The van der Waals surface area contributed by atoms with E-state index in [1.165, 1.54) is 23.8 Å². The monoisotopic (exact) mass is 259 g/mol. The lowest BCUT2D eigenvalue weighted by Crippen LogP contribution is -2.32. The van der Waals surface area contributed by atoms with E-state index in [1.54, 1.807) is 7.11 Å². The quantitative estimate of drug-likeness (QED) is 0.893. The van der Waals surface area contributed by atoms with Crippen LogP contribution in [0.3, 0.4) is 0 Å². The molecule has 1 heterocycles. The third-order valence-corrected chi connectivity index (χ3v) is 4.06. The summed E-state index contributed by atoms with van der Waals surface area (Å²) in [6, 6.07) is 8.52. The Morgan fingerprint density at radius 3 is 2.74 bits per heavy atom. The summed E-state index contributed by atoms with van der Waals surface area (Å²) in [7, 11) is 3.76. The van der Waals surface area contributed by atoms with Crippen LogP contribution in [0.25, 0.3) is 11.0 Å². The molecule has 0 aliphatic heterocycles. The van der Waals surface area contributed by atoms with Gasteiger partial charge in [-0.3, -0.25) is 0 Å². The maximum atomic E-state index is 6.07. The van der Waals surface area contributed by atoms with Crippen molar-refractivity contribution in [2.45, 2.75) is 31.9 Å². The van der Waals surface area contributed by atoms with Crippen molar-refractivity contribution < 1.29 is 9.15 Å². The van der Waals surface area contributed by atoms with Crippen LogP contribution in [0, 0.1) is 12.8 Å². The molecule has 3 nitrogen and oxygen atoms in total. The summed E-state index contributed by atoms with van der Waals surface area (Å²) < 4.78 is 11.8. The Morgan fingerprint density at radius 2 is 2.16 bits per heavy atom. The van der Waals surface area contributed by atoms with Crippen LogP contribution in [0.15, 0.2) is 28.7 Å². The molecule has 0 bridgehead atoms. The van der Waals surface area contributed by atoms with E-state index in [0.29, 0.717) is 5.92 Å². The van der Waals surface area contributed by atoms with Crippen LogP contribution in [0.5, 0.6) is 0 Å². The number of benzene rings is 1. The minimum atomic E-state index is 0.129. The molecule has 0 spiro atoms. The smallest absolute Gasteiger partial charge is 0.137 e. The van der Waals surface area contributed by atoms with Gasteiger partial charge in [0, 0.05) is 12.5 Å². The van der Waals surface area contributed by atoms with Gasteiger partial charge in [0.1, 0.15) is 11.3 Å². The highest BCUT2D eigenvalue weighted by Gasteiger charge is 2.38. The average Bonchev–Trinajstić information content (AvgIpc) is 3.15. The minimum Gasteiger partial charge on any atom is -0.459 e. The van der Waals surface area contributed by atoms with E-state index in [-0.39, 0.29) is 12.1 Å². The van der Waals surface area contributed by atoms with Crippen molar-refractivity contribution in [3.63, 3.8) is 0 Å². The van der Waals surface area contributed by atoms with E-state index in [1.807, 2.05) is 7.05 Å². The van der Waals surface area contributed by atoms with Crippen LogP contribution in [-0.2, 0) is 4.74 Å². The number of fused-ring (bicyclic) bond motifs is 1. The fourth-order valence-electron chi connectivity index (χ4n) is 2.88. The first-order valence-electron chi connectivity index (χ1n) is 6.93. The van der Waals surface area contributed by atoms with E-state index in [9.17, 15) is 0 Å². The molecule has 3 heteroatoms. The van der Waals surface area contributed by atoms with Gasteiger partial charge < -0.3 is 14.5 Å². The lowest BCUT2D eigenvalue weighted by molar-refractivity contribution is 0.0469. The average molecular weight is 259 g/mol. The van der Waals surface area contributed by atoms with Gasteiger partial charge in [0.15, 0.2) is 0 Å². The standard InChI is InChI=1S/C16H21NO2/c1-10-5-4-6-12-9-13(19-15(10)12)14(17-2)16(18-3)11-7-8-11/h4-6,9,11,14,16-17H,7-8H2,1-3H3. The molecule has 1 aliphatic carbocycles. The van der Waals surface area contributed by atoms with Gasteiger partial charge in [-0.1, -0.05) is 18.2 Å². The van der Waals surface area contributed by atoms with Crippen LogP contribution < -0.4 is 5.32 Å². The Morgan fingerprint density at radius 1 is 1.37 bits per heavy atom. The number of aryl methyl sites for hydroxylation is 1. The zero-order chi connectivity index (χ0) is 13.4. The molecule has 102 valence electrons. The van der Waals surface area contributed by atoms with Crippen molar-refractivity contribution in [3.05, 3.63) is 35.6 Å². The lowest BCUT2D eigenvalue weighted by Gasteiger charge is -2.23. The Kier molecular flexibility index (Phi) is 3.33. The van der Waals surface area contributed by atoms with Gasteiger partial charge in [-0.2, -0.15) is 0 Å². The molecule has 19 heavy (non-hydrogen) atoms. The van der Waals surface area contributed by atoms with Gasteiger partial charge in [0.2, 0.25) is 0 Å². The van der Waals surface area contributed by atoms with Crippen molar-refractivity contribution in [2.75, 3.05) is 14.2 Å². The summed E-state index contributed by atoms with van der Waals surface area (Å²) in [6.07, 6.45) is 2.72. The van der Waals surface area contributed by atoms with Crippen molar-refractivity contribution in [2.24, 2.45) is 5.92 Å². The number of ether oxygens (including phenoxy) is 1.